The number of rotatable bonds is 0. The van der Waals surface area contributed by atoms with Crippen molar-refractivity contribution in [3.63, 3.8) is 0 Å². The highest BCUT2D eigenvalue weighted by atomic mass is 15.1. The Bertz CT molecular complexity index is 9460. The summed E-state index contributed by atoms with van der Waals surface area (Å²) in [5, 5.41) is 10.9. The Morgan fingerprint density at radius 2 is 0.464 bits per heavy atom. The maximum atomic E-state index is 5.17. The second kappa shape index (κ2) is 27.7. The number of benzene rings is 12. The monoisotopic (exact) mass is 1780 g/mol. The van der Waals surface area contributed by atoms with Gasteiger partial charge in [0.25, 0.3) is 0 Å². The molecule has 36 rings (SSSR count). The van der Waals surface area contributed by atoms with Crippen molar-refractivity contribution in [3.05, 3.63) is 431 Å². The van der Waals surface area contributed by atoms with Crippen molar-refractivity contribution in [2.24, 2.45) is 0 Å². The van der Waals surface area contributed by atoms with Crippen LogP contribution in [-0.2, 0) is 51.4 Å². The summed E-state index contributed by atoms with van der Waals surface area (Å²) in [7, 11) is 0. The second-order valence-electron chi connectivity index (χ2n) is 38.9. The Hall–Kier alpha value is -18.3. The van der Waals surface area contributed by atoms with Gasteiger partial charge in [0, 0.05) is 157 Å². The number of imidazole rings is 4. The fourth-order valence-corrected chi connectivity index (χ4v) is 25.9. The van der Waals surface area contributed by atoms with Gasteiger partial charge >= 0.3 is 0 Å². The highest BCUT2D eigenvalue weighted by molar-refractivity contribution is 6.20. The summed E-state index contributed by atoms with van der Waals surface area (Å²) in [6.07, 6.45) is 34.5. The quantitative estimate of drug-likeness (QED) is 0.132. The van der Waals surface area contributed by atoms with Crippen molar-refractivity contribution in [1.29, 1.82) is 0 Å². The fourth-order valence-electron chi connectivity index (χ4n) is 25.9. The van der Waals surface area contributed by atoms with Gasteiger partial charge in [0.05, 0.1) is 71.7 Å². The molecule has 0 amide bonds. The molecule has 140 heavy (non-hydrogen) atoms. The number of aromatic nitrogens is 16. The topological polar surface area (TPSA) is 172 Å². The summed E-state index contributed by atoms with van der Waals surface area (Å²) in [5.74, 6) is 0. The van der Waals surface area contributed by atoms with Crippen LogP contribution in [0.1, 0.15) is 89.0 Å². The predicted molar refractivity (Wildman–Crippen MR) is 559 cm³/mol. The number of hydrogen-bond donors (Lipinski definition) is 0. The summed E-state index contributed by atoms with van der Waals surface area (Å²) in [5.41, 5.74) is 63.2. The molecule has 648 valence electrons. The molecule has 16 heterocycles. The first-order valence-corrected chi connectivity index (χ1v) is 48.1. The molecule has 0 radical (unpaired) electrons. The molecule has 8 aliphatic rings. The number of hydrogen-bond acceptors (Lipinski definition) is 12. The average molecular weight is 1790 g/mol. The van der Waals surface area contributed by atoms with Gasteiger partial charge in [0.15, 0.2) is 5.65 Å². The molecule has 0 saturated heterocycles. The average Bonchev–Trinajstić information content (AvgIpc) is 1.55. The van der Waals surface area contributed by atoms with Gasteiger partial charge in [-0.2, -0.15) is 0 Å². The summed E-state index contributed by atoms with van der Waals surface area (Å²) >= 11 is 0. The molecule has 0 N–H and O–H groups in total. The van der Waals surface area contributed by atoms with Crippen LogP contribution in [-0.4, -0.2) is 77.4 Å². The van der Waals surface area contributed by atoms with Gasteiger partial charge in [-0.3, -0.25) is 57.5 Å². The van der Waals surface area contributed by atoms with Crippen LogP contribution in [0.4, 0.5) is 0 Å². The molecular formula is C124H72N16. The minimum Gasteiger partial charge on any atom is -0.291 e. The lowest BCUT2D eigenvalue weighted by Gasteiger charge is -2.11. The molecule has 0 atom stereocenters. The van der Waals surface area contributed by atoms with E-state index in [0.29, 0.717) is 0 Å². The first-order valence-electron chi connectivity index (χ1n) is 48.1. The predicted octanol–water partition coefficient (Wildman–Crippen LogP) is 26.9. The smallest absolute Gasteiger partial charge is 0.165 e. The minimum absolute atomic E-state index is 0.905. The number of fused-ring (bicyclic) bond motifs is 60. The lowest BCUT2D eigenvalue weighted by atomic mass is 9.97. The van der Waals surface area contributed by atoms with Gasteiger partial charge in [0.2, 0.25) is 0 Å². The molecule has 28 aromatic rings. The molecule has 0 fully saturated rings. The van der Waals surface area contributed by atoms with Crippen LogP contribution in [0.25, 0.3) is 243 Å². The maximum Gasteiger partial charge on any atom is 0.165 e. The van der Waals surface area contributed by atoms with Crippen molar-refractivity contribution in [3.8, 4) is 89.0 Å². The first-order chi connectivity index (χ1) is 69.4. The molecule has 0 saturated carbocycles. The summed E-state index contributed by atoms with van der Waals surface area (Å²) in [6, 6.07) is 93.4. The van der Waals surface area contributed by atoms with E-state index in [9.17, 15) is 0 Å². The van der Waals surface area contributed by atoms with Gasteiger partial charge in [-0.25, -0.2) is 19.9 Å². The highest BCUT2D eigenvalue weighted by Gasteiger charge is 2.36. The van der Waals surface area contributed by atoms with Gasteiger partial charge in [-0.05, 0) is 316 Å². The zero-order chi connectivity index (χ0) is 90.7. The Balaban J connectivity index is 0.0000000829. The molecule has 16 aromatic heterocycles. The standard InChI is InChI=1S/4C31H18N4/c1-2-5-21-17(4-1)12-19-14-20-13-18-7-8-26-30(28(18)24(20)15-23(19)21)35-27-9-11-32-16-25(27)29-22(31(35)34-26)6-3-10-33-29;1-2-5-21-17(4-1)12-19-14-20-13-18-7-8-26-30(28(18)24(20)15-23(19)21)35-27-9-11-32-16-25(27)22-6-3-10-33-29(22)31(35)34-26;1-2-4-21-17(3-1)11-19-13-20-12-18-5-6-27-30(29(18)24(20)14-23(19)21)35-28-8-10-33-16-26(28)25-15-32-9-7-22(25)31(35)34-27;1-2-4-21-17(3-1)11-19-13-20-12-18-5-6-27-30(29(18)24(20)14-23(19)21)35-28-8-10-33-15-25(28)22-7-9-32-16-26(22)31(35)34-27/h2*1-11,14-16H,12-13H2;2*1-10,13-16H,11-12H2. The first kappa shape index (κ1) is 75.1. The maximum absolute atomic E-state index is 5.17. The third-order valence-corrected chi connectivity index (χ3v) is 31.8. The van der Waals surface area contributed by atoms with E-state index >= 15 is 0 Å². The van der Waals surface area contributed by atoms with E-state index < -0.39 is 0 Å². The Labute approximate surface area is 796 Å². The zero-order valence-corrected chi connectivity index (χ0v) is 75.1. The van der Waals surface area contributed by atoms with Crippen molar-refractivity contribution < 1.29 is 0 Å². The van der Waals surface area contributed by atoms with Crippen molar-refractivity contribution in [2.75, 3.05) is 0 Å². The van der Waals surface area contributed by atoms with E-state index in [1.807, 2.05) is 98.9 Å². The lowest BCUT2D eigenvalue weighted by molar-refractivity contribution is 1.21. The summed E-state index contributed by atoms with van der Waals surface area (Å²) in [4.78, 5) is 56.7. The second-order valence-corrected chi connectivity index (χ2v) is 38.9. The van der Waals surface area contributed by atoms with Crippen molar-refractivity contribution >= 4 is 154 Å². The van der Waals surface area contributed by atoms with Crippen LogP contribution in [0.15, 0.2) is 342 Å². The van der Waals surface area contributed by atoms with Crippen LogP contribution in [0.2, 0.25) is 0 Å². The Kier molecular flexibility index (Phi) is 14.9. The lowest BCUT2D eigenvalue weighted by Crippen LogP contribution is -1.94. The fraction of sp³-hybridized carbons (Fsp3) is 0.0645. The van der Waals surface area contributed by atoms with E-state index in [0.717, 1.165) is 183 Å². The number of pyridine rings is 12. The number of nitrogens with zero attached hydrogens (tertiary/aromatic N) is 16. The van der Waals surface area contributed by atoms with Crippen LogP contribution < -0.4 is 0 Å². The van der Waals surface area contributed by atoms with Crippen LogP contribution in [0.5, 0.6) is 0 Å². The minimum atomic E-state index is 0.905. The van der Waals surface area contributed by atoms with Gasteiger partial charge in [-0.15, -0.1) is 0 Å². The SMILES string of the molecule is c1ccc2c(c1)Cc1cc3c(cc1-2)-c1c(ccc2nc4c5cccnc5c5cnccc5n4c12)C3.c1ccc2c(c1)Cc1cc3c(cc1-2)-c1c(ccc2nc4c5ccncc5c5cnccc5n4c12)C3.c1ccc2c(c1)Cc1cc3c(cc1-2)-c1c(ccc2nc4c5cnccc5c5cnccc5n4c12)C3.c1ccc2c(c1)Cc1cc3c(cc1-2)-c1c(ccc2nc4c5ncccc5c5cnccc5n4c12)C3. The molecule has 16 heteroatoms. The van der Waals surface area contributed by atoms with E-state index in [-0.39, 0.29) is 0 Å². The molecular weight excluding hydrogens is 1710 g/mol. The Morgan fingerprint density at radius 1 is 0.171 bits per heavy atom. The molecule has 0 bridgehead atoms. The van der Waals surface area contributed by atoms with E-state index in [1.54, 1.807) is 0 Å². The zero-order valence-electron chi connectivity index (χ0n) is 75.1. The van der Waals surface area contributed by atoms with Crippen molar-refractivity contribution in [2.45, 2.75) is 51.4 Å². The van der Waals surface area contributed by atoms with Gasteiger partial charge < -0.3 is 0 Å². The Morgan fingerprint density at radius 3 is 0.879 bits per heavy atom. The van der Waals surface area contributed by atoms with Crippen LogP contribution in [0, 0.1) is 0 Å². The van der Waals surface area contributed by atoms with Gasteiger partial charge in [-0.1, -0.05) is 152 Å². The summed E-state index contributed by atoms with van der Waals surface area (Å²) < 4.78 is 9.34. The van der Waals surface area contributed by atoms with E-state index in [1.165, 1.54) is 200 Å². The largest absolute Gasteiger partial charge is 0.291 e. The third kappa shape index (κ3) is 10.3. The highest BCUT2D eigenvalue weighted by Crippen LogP contribution is 2.55. The third-order valence-electron chi connectivity index (χ3n) is 31.8. The van der Waals surface area contributed by atoms with Gasteiger partial charge in [0.1, 0.15) is 22.5 Å². The molecule has 0 unspecified atom stereocenters. The normalized spacial score (nSPS) is 13.5. The summed E-state index contributed by atoms with van der Waals surface area (Å²) in [6.45, 7) is 0. The van der Waals surface area contributed by atoms with E-state index in [4.69, 9.17) is 29.9 Å². The molecule has 16 nitrogen and oxygen atoms in total. The molecule has 0 spiro atoms. The van der Waals surface area contributed by atoms with Crippen molar-refractivity contribution in [1.82, 2.24) is 77.4 Å². The molecule has 12 aromatic carbocycles. The molecule has 0 aliphatic heterocycles. The van der Waals surface area contributed by atoms with E-state index in [2.05, 4.69) is 290 Å². The molecule has 8 aliphatic carbocycles. The van der Waals surface area contributed by atoms with Crippen LogP contribution >= 0.6 is 0 Å². The van der Waals surface area contributed by atoms with Crippen LogP contribution in [0.3, 0.4) is 0 Å².